The fourth-order valence-electron chi connectivity index (χ4n) is 1.84. The van der Waals surface area contributed by atoms with Crippen LogP contribution in [0.4, 0.5) is 9.93 Å². The summed E-state index contributed by atoms with van der Waals surface area (Å²) in [5.41, 5.74) is 1.72. The van der Waals surface area contributed by atoms with Crippen LogP contribution in [-0.2, 0) is 11.3 Å². The molecule has 3 aromatic rings. The molecule has 1 amide bonds. The van der Waals surface area contributed by atoms with E-state index in [9.17, 15) is 9.90 Å². The van der Waals surface area contributed by atoms with Crippen molar-refractivity contribution in [1.82, 2.24) is 10.2 Å². The van der Waals surface area contributed by atoms with Gasteiger partial charge >= 0.3 is 6.09 Å². The molecule has 2 N–H and O–H groups in total. The smallest absolute Gasteiger partial charge is 0.413 e. The molecule has 7 heteroatoms. The molecule has 0 radical (unpaired) electrons. The Morgan fingerprint density at radius 3 is 2.57 bits per heavy atom. The molecular formula is C16H13N3O3S. The Hall–Kier alpha value is -2.93. The van der Waals surface area contributed by atoms with Crippen LogP contribution in [0.25, 0.3) is 10.6 Å². The number of phenols is 1. The zero-order valence-corrected chi connectivity index (χ0v) is 12.8. The van der Waals surface area contributed by atoms with Gasteiger partial charge in [0.05, 0.1) is 0 Å². The number of hydrogen-bond acceptors (Lipinski definition) is 6. The number of carbonyl (C=O) groups is 1. The van der Waals surface area contributed by atoms with Crippen LogP contribution in [0, 0.1) is 0 Å². The number of nitrogens with one attached hydrogen (secondary N) is 1. The normalized spacial score (nSPS) is 10.3. The number of phenolic OH excluding ortho intramolecular Hbond substituents is 1. The maximum absolute atomic E-state index is 11.7. The number of benzene rings is 2. The molecule has 0 aliphatic carbocycles. The van der Waals surface area contributed by atoms with Gasteiger partial charge in [0, 0.05) is 5.56 Å². The van der Waals surface area contributed by atoms with Crippen LogP contribution >= 0.6 is 11.3 Å². The van der Waals surface area contributed by atoms with Gasteiger partial charge in [-0.25, -0.2) is 4.79 Å². The molecule has 23 heavy (non-hydrogen) atoms. The molecule has 1 aromatic heterocycles. The minimum Gasteiger partial charge on any atom is -0.508 e. The SMILES string of the molecule is O=C(Nc1nnc(-c2ccc(O)cc2)s1)OCc1ccccc1. The molecule has 0 aliphatic rings. The molecule has 0 saturated heterocycles. The summed E-state index contributed by atoms with van der Waals surface area (Å²) in [5.74, 6) is 0.182. The Bertz CT molecular complexity index is 788. The van der Waals surface area contributed by atoms with Crippen LogP contribution in [0.3, 0.4) is 0 Å². The van der Waals surface area contributed by atoms with Crippen molar-refractivity contribution in [2.45, 2.75) is 6.61 Å². The van der Waals surface area contributed by atoms with Crippen molar-refractivity contribution in [2.75, 3.05) is 5.32 Å². The first-order valence-corrected chi connectivity index (χ1v) is 7.63. The van der Waals surface area contributed by atoms with E-state index in [0.717, 1.165) is 11.1 Å². The molecule has 3 rings (SSSR count). The first-order valence-electron chi connectivity index (χ1n) is 6.81. The van der Waals surface area contributed by atoms with Crippen LogP contribution in [0.5, 0.6) is 5.75 Å². The van der Waals surface area contributed by atoms with Gasteiger partial charge < -0.3 is 9.84 Å². The molecule has 1 heterocycles. The van der Waals surface area contributed by atoms with Gasteiger partial charge in [0.15, 0.2) is 0 Å². The van der Waals surface area contributed by atoms with Crippen molar-refractivity contribution in [3.05, 3.63) is 60.2 Å². The third-order valence-electron chi connectivity index (χ3n) is 2.96. The van der Waals surface area contributed by atoms with Gasteiger partial charge in [-0.05, 0) is 29.8 Å². The second-order valence-corrected chi connectivity index (χ2v) is 5.62. The average molecular weight is 327 g/mol. The molecule has 0 fully saturated rings. The Kier molecular flexibility index (Phi) is 4.49. The minimum absolute atomic E-state index is 0.182. The van der Waals surface area contributed by atoms with Crippen molar-refractivity contribution in [3.63, 3.8) is 0 Å². The number of ether oxygens (including phenoxy) is 1. The minimum atomic E-state index is -0.581. The molecule has 0 bridgehead atoms. The van der Waals surface area contributed by atoms with Crippen LogP contribution in [-0.4, -0.2) is 21.4 Å². The molecular weight excluding hydrogens is 314 g/mol. The van der Waals surface area contributed by atoms with Gasteiger partial charge in [0.2, 0.25) is 5.13 Å². The van der Waals surface area contributed by atoms with E-state index < -0.39 is 6.09 Å². The number of amides is 1. The monoisotopic (exact) mass is 327 g/mol. The zero-order valence-electron chi connectivity index (χ0n) is 12.0. The maximum Gasteiger partial charge on any atom is 0.413 e. The number of rotatable bonds is 4. The van der Waals surface area contributed by atoms with E-state index >= 15 is 0 Å². The summed E-state index contributed by atoms with van der Waals surface area (Å²) in [6.45, 7) is 0.191. The number of aromatic nitrogens is 2. The summed E-state index contributed by atoms with van der Waals surface area (Å²) in [7, 11) is 0. The molecule has 0 saturated carbocycles. The topological polar surface area (TPSA) is 84.3 Å². The predicted molar refractivity (Wildman–Crippen MR) is 87.3 cm³/mol. The summed E-state index contributed by atoms with van der Waals surface area (Å²) in [4.78, 5) is 11.7. The first kappa shape index (κ1) is 15.0. The molecule has 116 valence electrons. The molecule has 2 aromatic carbocycles. The molecule has 0 unspecified atom stereocenters. The second-order valence-electron chi connectivity index (χ2n) is 4.65. The van der Waals surface area contributed by atoms with Crippen molar-refractivity contribution in [1.29, 1.82) is 0 Å². The summed E-state index contributed by atoms with van der Waals surface area (Å²) in [5, 5.41) is 20.7. The quantitative estimate of drug-likeness (QED) is 0.764. The predicted octanol–water partition coefficient (Wildman–Crippen LogP) is 3.66. The van der Waals surface area contributed by atoms with E-state index in [1.807, 2.05) is 30.3 Å². The lowest BCUT2D eigenvalue weighted by atomic mass is 10.2. The summed E-state index contributed by atoms with van der Waals surface area (Å²) >= 11 is 1.23. The third-order valence-corrected chi connectivity index (χ3v) is 3.85. The van der Waals surface area contributed by atoms with Crippen LogP contribution < -0.4 is 5.32 Å². The second kappa shape index (κ2) is 6.89. The number of hydrogen-bond donors (Lipinski definition) is 2. The lowest BCUT2D eigenvalue weighted by Gasteiger charge is -2.04. The zero-order chi connectivity index (χ0) is 16.1. The summed E-state index contributed by atoms with van der Waals surface area (Å²) in [6.07, 6.45) is -0.581. The maximum atomic E-state index is 11.7. The van der Waals surface area contributed by atoms with Crippen LogP contribution in [0.2, 0.25) is 0 Å². The molecule has 0 aliphatic heterocycles. The van der Waals surface area contributed by atoms with Gasteiger partial charge in [0.25, 0.3) is 0 Å². The number of anilines is 1. The van der Waals surface area contributed by atoms with E-state index in [4.69, 9.17) is 4.74 Å². The summed E-state index contributed by atoms with van der Waals surface area (Å²) in [6, 6.07) is 16.0. The van der Waals surface area contributed by atoms with Gasteiger partial charge in [-0.2, -0.15) is 0 Å². The molecule has 6 nitrogen and oxygen atoms in total. The number of carbonyl (C=O) groups excluding carboxylic acids is 1. The lowest BCUT2D eigenvalue weighted by molar-refractivity contribution is 0.155. The van der Waals surface area contributed by atoms with Crippen LogP contribution in [0.15, 0.2) is 54.6 Å². The highest BCUT2D eigenvalue weighted by atomic mass is 32.1. The van der Waals surface area contributed by atoms with Gasteiger partial charge in [-0.3, -0.25) is 5.32 Å². The lowest BCUT2D eigenvalue weighted by Crippen LogP contribution is -2.13. The molecule has 0 spiro atoms. The van der Waals surface area contributed by atoms with E-state index in [0.29, 0.717) is 10.1 Å². The largest absolute Gasteiger partial charge is 0.508 e. The van der Waals surface area contributed by atoms with E-state index in [-0.39, 0.29) is 12.4 Å². The highest BCUT2D eigenvalue weighted by Gasteiger charge is 2.10. The summed E-state index contributed by atoms with van der Waals surface area (Å²) < 4.78 is 5.12. The Labute approximate surface area is 136 Å². The third kappa shape index (κ3) is 4.04. The van der Waals surface area contributed by atoms with Gasteiger partial charge in [0.1, 0.15) is 17.4 Å². The number of aromatic hydroxyl groups is 1. The van der Waals surface area contributed by atoms with E-state index in [1.54, 1.807) is 24.3 Å². The number of nitrogens with zero attached hydrogens (tertiary/aromatic N) is 2. The average Bonchev–Trinajstić information content (AvgIpc) is 3.03. The Morgan fingerprint density at radius 1 is 1.09 bits per heavy atom. The van der Waals surface area contributed by atoms with E-state index in [1.165, 1.54) is 11.3 Å². The van der Waals surface area contributed by atoms with Gasteiger partial charge in [-0.15, -0.1) is 10.2 Å². The molecule has 0 atom stereocenters. The highest BCUT2D eigenvalue weighted by molar-refractivity contribution is 7.18. The van der Waals surface area contributed by atoms with Crippen LogP contribution in [0.1, 0.15) is 5.56 Å². The van der Waals surface area contributed by atoms with E-state index in [2.05, 4.69) is 15.5 Å². The van der Waals surface area contributed by atoms with Crippen molar-refractivity contribution in [3.8, 4) is 16.3 Å². The highest BCUT2D eigenvalue weighted by Crippen LogP contribution is 2.27. The van der Waals surface area contributed by atoms with Gasteiger partial charge in [-0.1, -0.05) is 41.7 Å². The Balaban J connectivity index is 1.58. The Morgan fingerprint density at radius 2 is 1.83 bits per heavy atom. The fraction of sp³-hybridized carbons (Fsp3) is 0.0625. The van der Waals surface area contributed by atoms with Crippen molar-refractivity contribution < 1.29 is 14.6 Å². The van der Waals surface area contributed by atoms with Crippen molar-refractivity contribution >= 4 is 22.6 Å². The standard InChI is InChI=1S/C16H13N3O3S/c20-13-8-6-12(7-9-13)14-18-19-15(23-14)17-16(21)22-10-11-4-2-1-3-5-11/h1-9,20H,10H2,(H,17,19,21). The fourth-order valence-corrected chi connectivity index (χ4v) is 2.58. The van der Waals surface area contributed by atoms with Crippen molar-refractivity contribution in [2.24, 2.45) is 0 Å². The first-order chi connectivity index (χ1) is 11.2.